The van der Waals surface area contributed by atoms with Gasteiger partial charge in [-0.3, -0.25) is 4.79 Å². The number of halogens is 1. The smallest absolute Gasteiger partial charge is 0.338 e. The zero-order chi connectivity index (χ0) is 17.2. The Morgan fingerprint density at radius 1 is 1.23 bits per heavy atom. The zero-order valence-corrected chi connectivity index (χ0v) is 15.1. The van der Waals surface area contributed by atoms with Gasteiger partial charge in [-0.2, -0.15) is 0 Å². The monoisotopic (exact) mass is 372 g/mol. The van der Waals surface area contributed by atoms with E-state index in [9.17, 15) is 9.59 Å². The van der Waals surface area contributed by atoms with Crippen LogP contribution < -0.4 is 10.6 Å². The Morgan fingerprint density at radius 2 is 2.12 bits per heavy atom. The van der Waals surface area contributed by atoms with Crippen molar-refractivity contribution >= 4 is 30.0 Å². The van der Waals surface area contributed by atoms with Crippen LogP contribution >= 0.6 is 12.4 Å². The Balaban J connectivity index is 0.00000196. The van der Waals surface area contributed by atoms with Crippen LogP contribution in [0.25, 0.3) is 0 Å². The molecule has 6 heteroatoms. The van der Waals surface area contributed by atoms with E-state index in [2.05, 4.69) is 16.7 Å². The molecule has 0 radical (unpaired) electrons. The summed E-state index contributed by atoms with van der Waals surface area (Å²) in [4.78, 5) is 24.0. The molecule has 2 N–H and O–H groups in total. The molecule has 2 aliphatic rings. The summed E-state index contributed by atoms with van der Waals surface area (Å²) in [5.74, 6) is 0.200. The van der Waals surface area contributed by atoms with Gasteiger partial charge in [0.1, 0.15) is 6.61 Å². The number of cyclic esters (lactones) is 1. The number of amides is 1. The molecule has 2 aromatic rings. The van der Waals surface area contributed by atoms with Gasteiger partial charge in [0.25, 0.3) is 5.91 Å². The Morgan fingerprint density at radius 3 is 2.92 bits per heavy atom. The molecule has 0 bridgehead atoms. The zero-order valence-electron chi connectivity index (χ0n) is 14.3. The Labute approximate surface area is 158 Å². The highest BCUT2D eigenvalue weighted by molar-refractivity contribution is 6.04. The number of anilines is 1. The van der Waals surface area contributed by atoms with Gasteiger partial charge in [-0.25, -0.2) is 4.79 Å². The molecule has 1 fully saturated rings. The Kier molecular flexibility index (Phi) is 5.59. The van der Waals surface area contributed by atoms with Gasteiger partial charge >= 0.3 is 5.97 Å². The van der Waals surface area contributed by atoms with E-state index in [4.69, 9.17) is 4.74 Å². The van der Waals surface area contributed by atoms with Crippen LogP contribution in [-0.4, -0.2) is 25.0 Å². The van der Waals surface area contributed by atoms with Crippen molar-refractivity contribution in [1.29, 1.82) is 0 Å². The van der Waals surface area contributed by atoms with Crippen molar-refractivity contribution in [1.82, 2.24) is 5.32 Å². The summed E-state index contributed by atoms with van der Waals surface area (Å²) in [5.41, 5.74) is 3.90. The lowest BCUT2D eigenvalue weighted by atomic mass is 9.97. The fourth-order valence-corrected chi connectivity index (χ4v) is 3.48. The molecule has 5 nitrogen and oxygen atoms in total. The van der Waals surface area contributed by atoms with Crippen molar-refractivity contribution in [3.8, 4) is 0 Å². The van der Waals surface area contributed by atoms with Crippen molar-refractivity contribution in [2.45, 2.75) is 19.4 Å². The molecule has 4 rings (SSSR count). The summed E-state index contributed by atoms with van der Waals surface area (Å²) in [6.45, 7) is 2.39. The minimum Gasteiger partial charge on any atom is -0.457 e. The maximum absolute atomic E-state index is 12.5. The minimum atomic E-state index is -0.304. The normalized spacial score (nSPS) is 18.0. The van der Waals surface area contributed by atoms with Crippen LogP contribution in [0.4, 0.5) is 5.69 Å². The molecule has 2 aromatic carbocycles. The fraction of sp³-hybridized carbons (Fsp3) is 0.300. The topological polar surface area (TPSA) is 67.4 Å². The quantitative estimate of drug-likeness (QED) is 0.809. The lowest BCUT2D eigenvalue weighted by Gasteiger charge is -2.10. The first kappa shape index (κ1) is 18.4. The van der Waals surface area contributed by atoms with E-state index in [1.165, 1.54) is 12.0 Å². The summed E-state index contributed by atoms with van der Waals surface area (Å²) in [7, 11) is 0. The summed E-state index contributed by atoms with van der Waals surface area (Å²) in [6, 6.07) is 13.0. The molecule has 1 atom stereocenters. The summed E-state index contributed by atoms with van der Waals surface area (Å²) >= 11 is 0. The van der Waals surface area contributed by atoms with Crippen LogP contribution in [-0.2, 0) is 17.8 Å². The first-order valence-electron chi connectivity index (χ1n) is 8.60. The molecule has 2 aliphatic heterocycles. The van der Waals surface area contributed by atoms with Gasteiger partial charge in [0.05, 0.1) is 5.56 Å². The first-order valence-corrected chi connectivity index (χ1v) is 8.60. The van der Waals surface area contributed by atoms with E-state index in [0.717, 1.165) is 25.1 Å². The third-order valence-electron chi connectivity index (χ3n) is 4.82. The largest absolute Gasteiger partial charge is 0.457 e. The molecule has 1 unspecified atom stereocenters. The summed E-state index contributed by atoms with van der Waals surface area (Å²) < 4.78 is 4.99. The van der Waals surface area contributed by atoms with E-state index < -0.39 is 0 Å². The van der Waals surface area contributed by atoms with Gasteiger partial charge in [-0.1, -0.05) is 12.1 Å². The minimum absolute atomic E-state index is 0. The number of nitrogens with one attached hydrogen (secondary N) is 2. The van der Waals surface area contributed by atoms with Crippen molar-refractivity contribution < 1.29 is 14.3 Å². The maximum atomic E-state index is 12.5. The molecule has 26 heavy (non-hydrogen) atoms. The van der Waals surface area contributed by atoms with Gasteiger partial charge < -0.3 is 15.4 Å². The van der Waals surface area contributed by atoms with Crippen molar-refractivity contribution in [3.63, 3.8) is 0 Å². The highest BCUT2D eigenvalue weighted by Crippen LogP contribution is 2.24. The second-order valence-electron chi connectivity index (χ2n) is 6.67. The van der Waals surface area contributed by atoms with E-state index in [0.29, 0.717) is 22.7 Å². The highest BCUT2D eigenvalue weighted by Gasteiger charge is 2.21. The van der Waals surface area contributed by atoms with Gasteiger partial charge in [0.2, 0.25) is 0 Å². The van der Waals surface area contributed by atoms with Crippen LogP contribution in [0, 0.1) is 5.92 Å². The molecule has 0 aromatic heterocycles. The van der Waals surface area contributed by atoms with E-state index in [1.807, 2.05) is 18.2 Å². The van der Waals surface area contributed by atoms with Gasteiger partial charge in [0, 0.05) is 16.8 Å². The molecule has 0 aliphatic carbocycles. The predicted octanol–water partition coefficient (Wildman–Crippen LogP) is 3.18. The summed E-state index contributed by atoms with van der Waals surface area (Å²) in [5, 5.41) is 6.28. The van der Waals surface area contributed by atoms with E-state index in [1.54, 1.807) is 18.2 Å². The number of rotatable bonds is 4. The van der Waals surface area contributed by atoms with Crippen molar-refractivity contribution in [2.24, 2.45) is 5.92 Å². The Hall–Kier alpha value is -2.37. The fourth-order valence-electron chi connectivity index (χ4n) is 3.48. The first-order chi connectivity index (χ1) is 12.2. The predicted molar refractivity (Wildman–Crippen MR) is 102 cm³/mol. The second-order valence-corrected chi connectivity index (χ2v) is 6.67. The molecule has 2 heterocycles. The average molecular weight is 373 g/mol. The van der Waals surface area contributed by atoms with E-state index >= 15 is 0 Å². The average Bonchev–Trinajstić information content (AvgIpc) is 3.25. The van der Waals surface area contributed by atoms with Crippen LogP contribution in [0.1, 0.15) is 38.3 Å². The number of hydrogen-bond donors (Lipinski definition) is 2. The van der Waals surface area contributed by atoms with Crippen LogP contribution in [0.2, 0.25) is 0 Å². The highest BCUT2D eigenvalue weighted by atomic mass is 35.5. The standard InChI is InChI=1S/C20H20N2O3.ClH/c23-19(22-17-4-5-18-16(10-17)12-25-20(18)24)15-3-1-2-13(9-15)8-14-6-7-21-11-14;/h1-5,9-10,14,21H,6-8,11-12H2,(H,22,23);1H. The molecule has 0 spiro atoms. The maximum Gasteiger partial charge on any atom is 0.338 e. The van der Waals surface area contributed by atoms with Crippen LogP contribution in [0.5, 0.6) is 0 Å². The SMILES string of the molecule is Cl.O=C(Nc1ccc2c(c1)COC2=O)c1cccc(CC2CCNC2)c1. The van der Waals surface area contributed by atoms with Crippen LogP contribution in [0.3, 0.4) is 0 Å². The van der Waals surface area contributed by atoms with Gasteiger partial charge in [-0.05, 0) is 67.7 Å². The second kappa shape index (κ2) is 7.89. The third-order valence-corrected chi connectivity index (χ3v) is 4.82. The van der Waals surface area contributed by atoms with Crippen molar-refractivity contribution in [3.05, 3.63) is 64.7 Å². The number of benzene rings is 2. The molecule has 136 valence electrons. The molecular formula is C20H21ClN2O3. The van der Waals surface area contributed by atoms with Crippen LogP contribution in [0.15, 0.2) is 42.5 Å². The lowest BCUT2D eigenvalue weighted by Crippen LogP contribution is -2.14. The Bertz CT molecular complexity index is 832. The summed E-state index contributed by atoms with van der Waals surface area (Å²) in [6.07, 6.45) is 2.18. The molecule has 1 saturated heterocycles. The lowest BCUT2D eigenvalue weighted by molar-refractivity contribution is 0.0535. The number of hydrogen-bond acceptors (Lipinski definition) is 4. The molecule has 1 amide bonds. The number of carbonyl (C=O) groups excluding carboxylic acids is 2. The van der Waals surface area contributed by atoms with Gasteiger partial charge in [0.15, 0.2) is 0 Å². The molecular weight excluding hydrogens is 352 g/mol. The number of ether oxygens (including phenoxy) is 1. The van der Waals surface area contributed by atoms with Gasteiger partial charge in [-0.15, -0.1) is 12.4 Å². The number of esters is 1. The number of fused-ring (bicyclic) bond motifs is 1. The third kappa shape index (κ3) is 3.89. The van der Waals surface area contributed by atoms with Crippen molar-refractivity contribution in [2.75, 3.05) is 18.4 Å². The molecule has 0 saturated carbocycles. The van der Waals surface area contributed by atoms with E-state index in [-0.39, 0.29) is 30.9 Å². The number of carbonyl (C=O) groups is 2.